The van der Waals surface area contributed by atoms with Crippen LogP contribution in [0.4, 0.5) is 0 Å². The van der Waals surface area contributed by atoms with E-state index in [1.54, 1.807) is 0 Å². The largest absolute Gasteiger partial charge is 0.456 e. The highest BCUT2D eigenvalue weighted by molar-refractivity contribution is 6.11. The molecule has 11 aromatic rings. The Morgan fingerprint density at radius 1 is 0.281 bits per heavy atom. The van der Waals surface area contributed by atoms with Crippen molar-refractivity contribution in [2.75, 3.05) is 0 Å². The second-order valence-electron chi connectivity index (χ2n) is 14.4. The summed E-state index contributed by atoms with van der Waals surface area (Å²) in [6.07, 6.45) is 0. The number of furan rings is 1. The van der Waals surface area contributed by atoms with E-state index in [-0.39, 0.29) is 0 Å². The second kappa shape index (κ2) is 13.6. The second-order valence-corrected chi connectivity index (χ2v) is 14.4. The summed E-state index contributed by atoms with van der Waals surface area (Å²) in [5.41, 5.74) is 11.2. The third kappa shape index (κ3) is 5.83. The Morgan fingerprint density at radius 2 is 0.737 bits per heavy atom. The molecule has 0 spiro atoms. The zero-order valence-corrected chi connectivity index (χ0v) is 30.8. The number of hydrogen-bond acceptors (Lipinski definition) is 4. The van der Waals surface area contributed by atoms with Crippen molar-refractivity contribution in [2.45, 2.75) is 0 Å². The first-order chi connectivity index (χ1) is 28.2. The summed E-state index contributed by atoms with van der Waals surface area (Å²) in [5.74, 6) is 1.80. The number of aromatic nitrogens is 3. The molecule has 4 nitrogen and oxygen atoms in total. The molecular weight excluding hydrogens is 695 g/mol. The van der Waals surface area contributed by atoms with E-state index < -0.39 is 0 Å². The highest BCUT2D eigenvalue weighted by Crippen LogP contribution is 2.38. The van der Waals surface area contributed by atoms with Gasteiger partial charge in [-0.25, -0.2) is 15.0 Å². The van der Waals surface area contributed by atoms with Crippen LogP contribution in [0.3, 0.4) is 0 Å². The first kappa shape index (κ1) is 32.7. The van der Waals surface area contributed by atoms with Crippen LogP contribution < -0.4 is 0 Å². The molecule has 0 N–H and O–H groups in total. The average molecular weight is 728 g/mol. The molecule has 2 heterocycles. The van der Waals surface area contributed by atoms with E-state index in [1.807, 2.05) is 30.3 Å². The van der Waals surface area contributed by atoms with Gasteiger partial charge in [0.15, 0.2) is 17.5 Å². The van der Waals surface area contributed by atoms with Gasteiger partial charge in [-0.1, -0.05) is 176 Å². The number of benzene rings is 9. The first-order valence-electron chi connectivity index (χ1n) is 19.2. The van der Waals surface area contributed by atoms with Crippen molar-refractivity contribution < 1.29 is 4.42 Å². The van der Waals surface area contributed by atoms with Crippen LogP contribution in [0.5, 0.6) is 0 Å². The van der Waals surface area contributed by atoms with E-state index in [0.717, 1.165) is 55.3 Å². The lowest BCUT2D eigenvalue weighted by atomic mass is 9.96. The molecule has 11 rings (SSSR count). The third-order valence-electron chi connectivity index (χ3n) is 10.9. The molecule has 0 unspecified atom stereocenters. The standard InChI is InChI=1S/C53H33N3O/c1-3-20-42-35(12-1)14-9-23-44(42)37-30-28-34(29-31-37)38-16-7-18-40(32-38)51-54-52(41-19-8-17-39(33-41)45-24-10-15-36-13-2-4-21-43(36)45)56-53(55-51)47-25-11-27-49-50(47)46-22-5-6-26-48(46)57-49/h1-33H. The van der Waals surface area contributed by atoms with Gasteiger partial charge in [0.1, 0.15) is 11.2 Å². The van der Waals surface area contributed by atoms with Gasteiger partial charge >= 0.3 is 0 Å². The van der Waals surface area contributed by atoms with Crippen molar-refractivity contribution in [3.8, 4) is 67.5 Å². The summed E-state index contributed by atoms with van der Waals surface area (Å²) in [4.78, 5) is 15.6. The fraction of sp³-hybridized carbons (Fsp3) is 0. The van der Waals surface area contributed by atoms with Gasteiger partial charge in [0, 0.05) is 27.5 Å². The van der Waals surface area contributed by atoms with Crippen LogP contribution in [0, 0.1) is 0 Å². The highest BCUT2D eigenvalue weighted by atomic mass is 16.3. The lowest BCUT2D eigenvalue weighted by Crippen LogP contribution is -2.00. The predicted octanol–water partition coefficient (Wildman–Crippen LogP) is 14.1. The summed E-state index contributed by atoms with van der Waals surface area (Å²) in [7, 11) is 0. The van der Waals surface area contributed by atoms with E-state index in [1.165, 1.54) is 38.2 Å². The molecule has 0 saturated carbocycles. The van der Waals surface area contributed by atoms with Crippen LogP contribution in [-0.4, -0.2) is 15.0 Å². The summed E-state index contributed by atoms with van der Waals surface area (Å²) in [5, 5.41) is 6.90. The molecule has 0 aliphatic rings. The molecule has 57 heavy (non-hydrogen) atoms. The van der Waals surface area contributed by atoms with Gasteiger partial charge in [-0.05, 0) is 79.2 Å². The van der Waals surface area contributed by atoms with Gasteiger partial charge in [0.25, 0.3) is 0 Å². The van der Waals surface area contributed by atoms with Crippen molar-refractivity contribution >= 4 is 43.5 Å². The van der Waals surface area contributed by atoms with E-state index in [9.17, 15) is 0 Å². The van der Waals surface area contributed by atoms with E-state index >= 15 is 0 Å². The molecule has 266 valence electrons. The number of rotatable bonds is 6. The summed E-state index contributed by atoms with van der Waals surface area (Å²) in [6, 6.07) is 70.0. The fourth-order valence-electron chi connectivity index (χ4n) is 8.18. The molecule has 0 atom stereocenters. The summed E-state index contributed by atoms with van der Waals surface area (Å²) in [6.45, 7) is 0. The van der Waals surface area contributed by atoms with E-state index in [4.69, 9.17) is 19.4 Å². The van der Waals surface area contributed by atoms with Gasteiger partial charge in [0.2, 0.25) is 0 Å². The fourth-order valence-corrected chi connectivity index (χ4v) is 8.18. The molecule has 0 bridgehead atoms. The van der Waals surface area contributed by atoms with Crippen molar-refractivity contribution in [1.82, 2.24) is 15.0 Å². The number of fused-ring (bicyclic) bond motifs is 5. The van der Waals surface area contributed by atoms with Crippen LogP contribution in [-0.2, 0) is 0 Å². The predicted molar refractivity (Wildman–Crippen MR) is 235 cm³/mol. The van der Waals surface area contributed by atoms with Crippen molar-refractivity contribution in [2.24, 2.45) is 0 Å². The number of nitrogens with zero attached hydrogens (tertiary/aromatic N) is 3. The van der Waals surface area contributed by atoms with Gasteiger partial charge < -0.3 is 4.42 Å². The minimum atomic E-state index is 0.590. The lowest BCUT2D eigenvalue weighted by Gasteiger charge is -2.12. The molecule has 0 amide bonds. The van der Waals surface area contributed by atoms with Gasteiger partial charge in [-0.2, -0.15) is 0 Å². The Bertz CT molecular complexity index is 3300. The highest BCUT2D eigenvalue weighted by Gasteiger charge is 2.18. The van der Waals surface area contributed by atoms with E-state index in [2.05, 4.69) is 170 Å². The zero-order chi connectivity index (χ0) is 37.7. The molecule has 4 heteroatoms. The van der Waals surface area contributed by atoms with Crippen molar-refractivity contribution in [1.29, 1.82) is 0 Å². The normalized spacial score (nSPS) is 11.5. The molecule has 0 aliphatic heterocycles. The quantitative estimate of drug-likeness (QED) is 0.171. The van der Waals surface area contributed by atoms with E-state index in [0.29, 0.717) is 17.5 Å². The van der Waals surface area contributed by atoms with Crippen LogP contribution in [0.25, 0.3) is 111 Å². The van der Waals surface area contributed by atoms with Gasteiger partial charge in [0.05, 0.1) is 0 Å². The lowest BCUT2D eigenvalue weighted by molar-refractivity contribution is 0.669. The Balaban J connectivity index is 1.05. The van der Waals surface area contributed by atoms with Crippen LogP contribution in [0.2, 0.25) is 0 Å². The Morgan fingerprint density at radius 3 is 1.44 bits per heavy atom. The average Bonchev–Trinajstić information content (AvgIpc) is 3.68. The zero-order valence-electron chi connectivity index (χ0n) is 30.8. The molecule has 0 fully saturated rings. The molecule has 0 radical (unpaired) electrons. The Kier molecular flexibility index (Phi) is 7.78. The summed E-state index contributed by atoms with van der Waals surface area (Å²) < 4.78 is 6.30. The first-order valence-corrected chi connectivity index (χ1v) is 19.2. The molecular formula is C53H33N3O. The molecule has 0 saturated heterocycles. The van der Waals surface area contributed by atoms with Gasteiger partial charge in [-0.15, -0.1) is 0 Å². The number of para-hydroxylation sites is 1. The van der Waals surface area contributed by atoms with Crippen molar-refractivity contribution in [3.05, 3.63) is 200 Å². The third-order valence-corrected chi connectivity index (χ3v) is 10.9. The minimum absolute atomic E-state index is 0.590. The van der Waals surface area contributed by atoms with Crippen LogP contribution >= 0.6 is 0 Å². The maximum absolute atomic E-state index is 6.30. The number of hydrogen-bond donors (Lipinski definition) is 0. The smallest absolute Gasteiger partial charge is 0.164 e. The minimum Gasteiger partial charge on any atom is -0.456 e. The maximum Gasteiger partial charge on any atom is 0.164 e. The molecule has 2 aromatic heterocycles. The van der Waals surface area contributed by atoms with Gasteiger partial charge in [-0.3, -0.25) is 0 Å². The topological polar surface area (TPSA) is 51.8 Å². The Labute approximate surface area is 329 Å². The monoisotopic (exact) mass is 727 g/mol. The maximum atomic E-state index is 6.30. The SMILES string of the molecule is c1cc(-c2ccc(-c3cccc4ccccc34)cc2)cc(-c2nc(-c3cccc(-c4cccc5ccccc45)c3)nc(-c3cccc4oc5ccccc5c34)n2)c1. The van der Waals surface area contributed by atoms with Crippen LogP contribution in [0.15, 0.2) is 205 Å². The molecule has 0 aliphatic carbocycles. The Hall–Kier alpha value is -7.69. The molecule has 9 aromatic carbocycles. The van der Waals surface area contributed by atoms with Crippen LogP contribution in [0.1, 0.15) is 0 Å². The summed E-state index contributed by atoms with van der Waals surface area (Å²) >= 11 is 0. The van der Waals surface area contributed by atoms with Crippen molar-refractivity contribution in [3.63, 3.8) is 0 Å².